The third-order valence-corrected chi connectivity index (χ3v) is 3.29. The second kappa shape index (κ2) is 5.12. The topological polar surface area (TPSA) is 60.2 Å². The summed E-state index contributed by atoms with van der Waals surface area (Å²) in [5, 5.41) is 10.5. The summed E-state index contributed by atoms with van der Waals surface area (Å²) in [4.78, 5) is 21.4. The number of carbonyl (C=O) groups is 1. The lowest BCUT2D eigenvalue weighted by Gasteiger charge is -2.23. The molecule has 1 aromatic carbocycles. The highest BCUT2D eigenvalue weighted by Gasteiger charge is 2.34. The first-order valence-corrected chi connectivity index (χ1v) is 5.62. The van der Waals surface area contributed by atoms with Gasteiger partial charge in [0.25, 0.3) is 0 Å². The van der Waals surface area contributed by atoms with Crippen LogP contribution in [0.4, 0.5) is 0 Å². The molecule has 16 heavy (non-hydrogen) atoms. The molecule has 0 aliphatic carbocycles. The summed E-state index contributed by atoms with van der Waals surface area (Å²) in [5.41, 5.74) is 0.798. The number of hydrogen-bond acceptors (Lipinski definition) is 4. The van der Waals surface area contributed by atoms with Crippen molar-refractivity contribution in [3.05, 3.63) is 46.0 Å². The first-order valence-electron chi connectivity index (χ1n) is 4.81. The summed E-state index contributed by atoms with van der Waals surface area (Å²) in [6.07, 6.45) is 0. The van der Waals surface area contributed by atoms with Gasteiger partial charge in [0.05, 0.1) is 0 Å². The predicted octanol–water partition coefficient (Wildman–Crippen LogP) is 2.46. The largest absolute Gasteiger partial charge is 0.288 e. The lowest BCUT2D eigenvalue weighted by molar-refractivity contribution is -0.485. The lowest BCUT2D eigenvalue weighted by atomic mass is 10.0. The van der Waals surface area contributed by atoms with Crippen LogP contribution >= 0.6 is 11.8 Å². The van der Waals surface area contributed by atoms with Crippen LogP contribution in [0.2, 0.25) is 0 Å². The van der Waals surface area contributed by atoms with Crippen molar-refractivity contribution in [2.24, 2.45) is 0 Å². The van der Waals surface area contributed by atoms with Crippen molar-refractivity contribution in [1.29, 1.82) is 0 Å². The molecule has 0 saturated carbocycles. The summed E-state index contributed by atoms with van der Waals surface area (Å²) < 4.78 is -0.795. The Bertz CT molecular complexity index is 375. The number of carbonyl (C=O) groups excluding carboxylic acids is 1. The monoisotopic (exact) mass is 239 g/mol. The van der Waals surface area contributed by atoms with Crippen LogP contribution in [0.3, 0.4) is 0 Å². The molecule has 0 unspecified atom stereocenters. The third-order valence-electron chi connectivity index (χ3n) is 2.18. The number of thioether (sulfide) groups is 1. The Morgan fingerprint density at radius 3 is 2.44 bits per heavy atom. The maximum absolute atomic E-state index is 11.2. The van der Waals surface area contributed by atoms with E-state index in [9.17, 15) is 14.9 Å². The summed E-state index contributed by atoms with van der Waals surface area (Å²) in [6.45, 7) is 2.88. The Labute approximate surface area is 98.2 Å². The molecule has 0 fully saturated rings. The number of rotatable bonds is 4. The molecular formula is C11H13NO3S. The van der Waals surface area contributed by atoms with E-state index in [1.807, 2.05) is 18.2 Å². The van der Waals surface area contributed by atoms with E-state index in [1.165, 1.54) is 6.92 Å². The van der Waals surface area contributed by atoms with E-state index >= 15 is 0 Å². The Morgan fingerprint density at radius 2 is 2.00 bits per heavy atom. The highest BCUT2D eigenvalue weighted by molar-refractivity contribution is 8.14. The van der Waals surface area contributed by atoms with Crippen LogP contribution in [0, 0.1) is 10.1 Å². The Kier molecular flexibility index (Phi) is 4.06. The van der Waals surface area contributed by atoms with E-state index in [-0.39, 0.29) is 16.6 Å². The maximum atomic E-state index is 11.2. The van der Waals surface area contributed by atoms with Crippen LogP contribution < -0.4 is 0 Å². The van der Waals surface area contributed by atoms with Gasteiger partial charge < -0.3 is 0 Å². The third kappa shape index (κ3) is 3.34. The molecule has 0 saturated heterocycles. The number of nitro groups is 1. The fraction of sp³-hybridized carbons (Fsp3) is 0.364. The summed E-state index contributed by atoms with van der Waals surface area (Å²) in [6, 6.07) is 9.08. The SMILES string of the molecule is CC(=O)S[C@](C)(C[N+](=O)[O-])c1ccccc1. The van der Waals surface area contributed by atoms with Crippen LogP contribution in [-0.4, -0.2) is 16.6 Å². The van der Waals surface area contributed by atoms with Gasteiger partial charge in [0.15, 0.2) is 5.12 Å². The van der Waals surface area contributed by atoms with Crippen LogP contribution in [0.5, 0.6) is 0 Å². The predicted molar refractivity (Wildman–Crippen MR) is 63.9 cm³/mol. The van der Waals surface area contributed by atoms with Crippen LogP contribution in [0.25, 0.3) is 0 Å². The van der Waals surface area contributed by atoms with Crippen molar-refractivity contribution in [1.82, 2.24) is 0 Å². The van der Waals surface area contributed by atoms with Gasteiger partial charge >= 0.3 is 0 Å². The highest BCUT2D eigenvalue weighted by Crippen LogP contribution is 2.36. The molecule has 4 nitrogen and oxygen atoms in total. The fourth-order valence-electron chi connectivity index (χ4n) is 1.54. The Morgan fingerprint density at radius 1 is 1.44 bits per heavy atom. The van der Waals surface area contributed by atoms with Gasteiger partial charge in [-0.25, -0.2) is 0 Å². The molecule has 1 rings (SSSR count). The quantitative estimate of drug-likeness (QED) is 0.598. The van der Waals surface area contributed by atoms with Crippen molar-refractivity contribution >= 4 is 16.9 Å². The molecule has 0 radical (unpaired) electrons. The minimum Gasteiger partial charge on any atom is -0.288 e. The van der Waals surface area contributed by atoms with E-state index < -0.39 is 4.75 Å². The summed E-state index contributed by atoms with van der Waals surface area (Å²) >= 11 is 1.00. The summed E-state index contributed by atoms with van der Waals surface area (Å²) in [7, 11) is 0. The molecule has 0 aliphatic heterocycles. The second-order valence-corrected chi connectivity index (χ2v) is 5.36. The Balaban J connectivity index is 3.04. The van der Waals surface area contributed by atoms with Crippen molar-refractivity contribution in [3.8, 4) is 0 Å². The first-order chi connectivity index (χ1) is 7.44. The van der Waals surface area contributed by atoms with Gasteiger partial charge in [-0.1, -0.05) is 42.1 Å². The molecule has 0 aliphatic rings. The molecule has 0 spiro atoms. The highest BCUT2D eigenvalue weighted by atomic mass is 32.2. The number of nitrogens with zero attached hydrogens (tertiary/aromatic N) is 1. The van der Waals surface area contributed by atoms with Crippen LogP contribution in [0.1, 0.15) is 19.4 Å². The average molecular weight is 239 g/mol. The lowest BCUT2D eigenvalue weighted by Crippen LogP contribution is -2.28. The van der Waals surface area contributed by atoms with Crippen molar-refractivity contribution in [2.45, 2.75) is 18.6 Å². The number of hydrogen-bond donors (Lipinski definition) is 0. The van der Waals surface area contributed by atoms with E-state index in [0.29, 0.717) is 0 Å². The normalized spacial score (nSPS) is 14.1. The standard InChI is InChI=1S/C11H13NO3S/c1-9(13)16-11(2,8-12(14)15)10-6-4-3-5-7-10/h3-7H,8H2,1-2H3/t11-/m1/s1. The van der Waals surface area contributed by atoms with Crippen LogP contribution in [-0.2, 0) is 9.54 Å². The smallest absolute Gasteiger partial charge is 0.222 e. The van der Waals surface area contributed by atoms with Crippen molar-refractivity contribution in [2.75, 3.05) is 6.54 Å². The van der Waals surface area contributed by atoms with Gasteiger partial charge in [0.2, 0.25) is 6.54 Å². The second-order valence-electron chi connectivity index (χ2n) is 3.68. The molecule has 5 heteroatoms. The molecule has 0 bridgehead atoms. The Hall–Kier alpha value is -1.36. The molecule has 0 amide bonds. The van der Waals surface area contributed by atoms with Gasteiger partial charge in [-0.05, 0) is 12.5 Å². The minimum absolute atomic E-state index is 0.117. The molecular weight excluding hydrogens is 226 g/mol. The van der Waals surface area contributed by atoms with Gasteiger partial charge in [-0.3, -0.25) is 14.9 Å². The minimum atomic E-state index is -0.795. The molecule has 1 aromatic rings. The zero-order valence-corrected chi connectivity index (χ0v) is 9.99. The molecule has 1 atom stereocenters. The first kappa shape index (κ1) is 12.7. The number of benzene rings is 1. The van der Waals surface area contributed by atoms with Crippen LogP contribution in [0.15, 0.2) is 30.3 Å². The van der Waals surface area contributed by atoms with E-state index in [0.717, 1.165) is 17.3 Å². The molecule has 0 N–H and O–H groups in total. The fourth-order valence-corrected chi connectivity index (χ4v) is 2.60. The zero-order valence-electron chi connectivity index (χ0n) is 9.17. The molecule has 86 valence electrons. The summed E-state index contributed by atoms with van der Waals surface area (Å²) in [5.74, 6) is 0. The van der Waals surface area contributed by atoms with Gasteiger partial charge in [-0.15, -0.1) is 0 Å². The zero-order chi connectivity index (χ0) is 12.2. The maximum Gasteiger partial charge on any atom is 0.222 e. The molecule has 0 aromatic heterocycles. The van der Waals surface area contributed by atoms with Gasteiger partial charge in [-0.2, -0.15) is 0 Å². The van der Waals surface area contributed by atoms with E-state index in [1.54, 1.807) is 19.1 Å². The van der Waals surface area contributed by atoms with Crippen molar-refractivity contribution < 1.29 is 9.72 Å². The average Bonchev–Trinajstić information content (AvgIpc) is 2.16. The van der Waals surface area contributed by atoms with Gasteiger partial charge in [0.1, 0.15) is 4.75 Å². The van der Waals surface area contributed by atoms with Crippen molar-refractivity contribution in [3.63, 3.8) is 0 Å². The molecule has 0 heterocycles. The van der Waals surface area contributed by atoms with E-state index in [2.05, 4.69) is 0 Å². The van der Waals surface area contributed by atoms with E-state index in [4.69, 9.17) is 0 Å². The van der Waals surface area contributed by atoms with Gasteiger partial charge in [0, 0.05) is 11.8 Å².